The number of piperazine rings is 1. The molecule has 0 radical (unpaired) electrons. The second kappa shape index (κ2) is 9.93. The van der Waals surface area contributed by atoms with E-state index in [2.05, 4.69) is 5.10 Å². The van der Waals surface area contributed by atoms with Gasteiger partial charge in [-0.25, -0.2) is 13.9 Å². The minimum Gasteiger partial charge on any atom is -0.444 e. The molecule has 196 valence electrons. The van der Waals surface area contributed by atoms with Gasteiger partial charge in [0.2, 0.25) is 5.91 Å². The molecule has 1 aromatic heterocycles. The number of ether oxygens (including phenoxy) is 1. The Balaban J connectivity index is 1.54. The lowest BCUT2D eigenvalue weighted by Crippen LogP contribution is -2.54. The number of halogens is 1. The predicted octanol–water partition coefficient (Wildman–Crippen LogP) is 5.79. The lowest BCUT2D eigenvalue weighted by molar-refractivity contribution is -0.140. The molecule has 7 nitrogen and oxygen atoms in total. The molecule has 0 saturated carbocycles. The molecule has 4 aromatic rings. The fourth-order valence-electron chi connectivity index (χ4n) is 4.85. The number of hydrogen-bond acceptors (Lipinski definition) is 4. The molecule has 0 N–H and O–H groups in total. The highest BCUT2D eigenvalue weighted by atomic mass is 19.1. The van der Waals surface area contributed by atoms with Crippen molar-refractivity contribution in [2.75, 3.05) is 13.1 Å². The zero-order valence-corrected chi connectivity index (χ0v) is 22.0. The summed E-state index contributed by atoms with van der Waals surface area (Å²) in [7, 11) is 0. The fourth-order valence-corrected chi connectivity index (χ4v) is 4.85. The van der Waals surface area contributed by atoms with Gasteiger partial charge in [0, 0.05) is 18.5 Å². The van der Waals surface area contributed by atoms with Crippen LogP contribution in [0.1, 0.15) is 43.5 Å². The van der Waals surface area contributed by atoms with Crippen molar-refractivity contribution in [3.05, 3.63) is 95.4 Å². The topological polar surface area (TPSA) is 67.7 Å². The zero-order valence-electron chi connectivity index (χ0n) is 22.0. The van der Waals surface area contributed by atoms with Crippen LogP contribution in [-0.2, 0) is 16.1 Å². The van der Waals surface area contributed by atoms with E-state index in [1.54, 1.807) is 23.0 Å². The van der Waals surface area contributed by atoms with Gasteiger partial charge in [0.15, 0.2) is 0 Å². The first-order chi connectivity index (χ1) is 18.1. The first kappa shape index (κ1) is 25.4. The van der Waals surface area contributed by atoms with E-state index >= 15 is 0 Å². The third-order valence-corrected chi connectivity index (χ3v) is 6.65. The van der Waals surface area contributed by atoms with Crippen molar-refractivity contribution in [3.63, 3.8) is 0 Å². The third-order valence-electron chi connectivity index (χ3n) is 6.65. The molecule has 1 unspecified atom stereocenters. The van der Waals surface area contributed by atoms with Crippen LogP contribution >= 0.6 is 0 Å². The molecule has 8 heteroatoms. The summed E-state index contributed by atoms with van der Waals surface area (Å²) in [4.78, 5) is 29.8. The van der Waals surface area contributed by atoms with Crippen LogP contribution in [-0.4, -0.2) is 50.3 Å². The van der Waals surface area contributed by atoms with Crippen LogP contribution in [0.4, 0.5) is 9.18 Å². The Labute approximate surface area is 221 Å². The summed E-state index contributed by atoms with van der Waals surface area (Å²) in [5.41, 5.74) is 3.87. The van der Waals surface area contributed by atoms with E-state index in [9.17, 15) is 14.0 Å². The summed E-state index contributed by atoms with van der Waals surface area (Å²) in [6.07, 6.45) is 1.26. The third kappa shape index (κ3) is 5.25. The van der Waals surface area contributed by atoms with Gasteiger partial charge in [0.25, 0.3) is 0 Å². The monoisotopic (exact) mass is 514 g/mol. The lowest BCUT2D eigenvalue weighted by atomic mass is 9.95. The molecular formula is C30H31FN4O3. The number of amides is 2. The minimum absolute atomic E-state index is 0.0396. The number of rotatable bonds is 4. The molecule has 1 aliphatic heterocycles. The number of carbonyl (C=O) groups excluding carboxylic acids is 2. The van der Waals surface area contributed by atoms with Crippen LogP contribution in [0.15, 0.2) is 72.9 Å². The van der Waals surface area contributed by atoms with E-state index in [1.165, 1.54) is 17.0 Å². The number of fused-ring (bicyclic) bond motifs is 1. The molecule has 0 spiro atoms. The molecule has 5 rings (SSSR count). The van der Waals surface area contributed by atoms with Crippen LogP contribution in [0.2, 0.25) is 0 Å². The Morgan fingerprint density at radius 2 is 1.79 bits per heavy atom. The van der Waals surface area contributed by atoms with Crippen molar-refractivity contribution >= 4 is 22.9 Å². The molecule has 0 aliphatic carbocycles. The fraction of sp³-hybridized carbons (Fsp3) is 0.300. The molecule has 1 fully saturated rings. The molecule has 2 amide bonds. The standard InChI is InChI=1S/C30H31FN4O3/c1-20-14-26-22(16-32-35(26)24-12-10-23(31)11-13-24)15-25(20)27-18-33(29(37)38-30(2,3)4)19-28(36)34(27)17-21-8-6-5-7-9-21/h5-16,27H,17-19H2,1-4H3. The van der Waals surface area contributed by atoms with Gasteiger partial charge in [0.05, 0.1) is 23.4 Å². The van der Waals surface area contributed by atoms with Crippen molar-refractivity contribution in [1.82, 2.24) is 19.6 Å². The summed E-state index contributed by atoms with van der Waals surface area (Å²) < 4.78 is 20.8. The average molecular weight is 515 g/mol. The largest absolute Gasteiger partial charge is 0.444 e. The van der Waals surface area contributed by atoms with E-state index in [-0.39, 0.29) is 24.3 Å². The minimum atomic E-state index is -0.666. The van der Waals surface area contributed by atoms with Gasteiger partial charge >= 0.3 is 6.09 Å². The van der Waals surface area contributed by atoms with Gasteiger partial charge in [-0.15, -0.1) is 0 Å². The zero-order chi connectivity index (χ0) is 27.0. The number of carbonyl (C=O) groups is 2. The van der Waals surface area contributed by atoms with Gasteiger partial charge in [-0.05, 0) is 80.8 Å². The SMILES string of the molecule is Cc1cc2c(cnn2-c2ccc(F)cc2)cc1C1CN(C(=O)OC(C)(C)C)CC(=O)N1Cc1ccccc1. The van der Waals surface area contributed by atoms with E-state index in [1.807, 2.05) is 75.1 Å². The Kier molecular flexibility index (Phi) is 6.65. The van der Waals surface area contributed by atoms with E-state index < -0.39 is 11.7 Å². The summed E-state index contributed by atoms with van der Waals surface area (Å²) in [6.45, 7) is 8.13. The molecule has 38 heavy (non-hydrogen) atoms. The molecular weight excluding hydrogens is 483 g/mol. The van der Waals surface area contributed by atoms with Crippen LogP contribution in [0.25, 0.3) is 16.6 Å². The highest BCUT2D eigenvalue weighted by molar-refractivity contribution is 5.86. The van der Waals surface area contributed by atoms with Crippen LogP contribution in [0.3, 0.4) is 0 Å². The van der Waals surface area contributed by atoms with Crippen molar-refractivity contribution < 1.29 is 18.7 Å². The van der Waals surface area contributed by atoms with Gasteiger partial charge in [0.1, 0.15) is 18.0 Å². The number of aromatic nitrogens is 2. The van der Waals surface area contributed by atoms with Gasteiger partial charge < -0.3 is 9.64 Å². The number of nitrogens with zero attached hydrogens (tertiary/aromatic N) is 4. The summed E-state index contributed by atoms with van der Waals surface area (Å²) >= 11 is 0. The van der Waals surface area contributed by atoms with Crippen molar-refractivity contribution in [2.24, 2.45) is 0 Å². The van der Waals surface area contributed by atoms with Crippen LogP contribution in [0, 0.1) is 12.7 Å². The summed E-state index contributed by atoms with van der Waals surface area (Å²) in [5.74, 6) is -0.448. The maximum absolute atomic E-state index is 13.5. The molecule has 3 aromatic carbocycles. The average Bonchev–Trinajstić information content (AvgIpc) is 3.27. The van der Waals surface area contributed by atoms with Crippen molar-refractivity contribution in [2.45, 2.75) is 45.9 Å². The summed E-state index contributed by atoms with van der Waals surface area (Å²) in [5, 5.41) is 5.42. The molecule has 1 aliphatic rings. The van der Waals surface area contributed by atoms with E-state index in [0.29, 0.717) is 13.1 Å². The Morgan fingerprint density at radius 1 is 1.08 bits per heavy atom. The molecule has 1 atom stereocenters. The maximum atomic E-state index is 13.5. The smallest absolute Gasteiger partial charge is 0.410 e. The van der Waals surface area contributed by atoms with Gasteiger partial charge in [-0.3, -0.25) is 9.69 Å². The maximum Gasteiger partial charge on any atom is 0.410 e. The number of hydrogen-bond donors (Lipinski definition) is 0. The lowest BCUT2D eigenvalue weighted by Gasteiger charge is -2.42. The quantitative estimate of drug-likeness (QED) is 0.346. The van der Waals surface area contributed by atoms with Crippen molar-refractivity contribution in [3.8, 4) is 5.69 Å². The van der Waals surface area contributed by atoms with Crippen LogP contribution in [0.5, 0.6) is 0 Å². The van der Waals surface area contributed by atoms with E-state index in [4.69, 9.17) is 4.74 Å². The van der Waals surface area contributed by atoms with Gasteiger partial charge in [-0.2, -0.15) is 5.10 Å². The van der Waals surface area contributed by atoms with Gasteiger partial charge in [-0.1, -0.05) is 30.3 Å². The highest BCUT2D eigenvalue weighted by Gasteiger charge is 2.38. The normalized spacial score (nSPS) is 16.2. The highest BCUT2D eigenvalue weighted by Crippen LogP contribution is 2.34. The number of aryl methyl sites for hydroxylation is 1. The first-order valence-corrected chi connectivity index (χ1v) is 12.6. The Hall–Kier alpha value is -4.20. The van der Waals surface area contributed by atoms with Crippen molar-refractivity contribution in [1.29, 1.82) is 0 Å². The second-order valence-electron chi connectivity index (χ2n) is 10.7. The summed E-state index contributed by atoms with van der Waals surface area (Å²) in [6, 6.07) is 19.7. The molecule has 1 saturated heterocycles. The Morgan fingerprint density at radius 3 is 2.47 bits per heavy atom. The molecule has 2 heterocycles. The molecule has 0 bridgehead atoms. The predicted molar refractivity (Wildman–Crippen MR) is 143 cm³/mol. The number of benzene rings is 3. The first-order valence-electron chi connectivity index (χ1n) is 12.6. The second-order valence-corrected chi connectivity index (χ2v) is 10.7. The van der Waals surface area contributed by atoms with Crippen LogP contribution < -0.4 is 0 Å². The van der Waals surface area contributed by atoms with E-state index in [0.717, 1.165) is 33.3 Å². The Bertz CT molecular complexity index is 1480.